The smallest absolute Gasteiger partial charge is 0.259 e. The van der Waals surface area contributed by atoms with E-state index >= 15 is 0 Å². The molecule has 6 nitrogen and oxygen atoms in total. The van der Waals surface area contributed by atoms with Crippen LogP contribution in [-0.2, 0) is 14.4 Å². The molecule has 1 saturated heterocycles. The van der Waals surface area contributed by atoms with Gasteiger partial charge in [0.05, 0.1) is 11.4 Å². The van der Waals surface area contributed by atoms with Crippen molar-refractivity contribution in [3.63, 3.8) is 0 Å². The average Bonchev–Trinajstić information content (AvgIpc) is 3.15. The first-order valence-electron chi connectivity index (χ1n) is 8.16. The van der Waals surface area contributed by atoms with Crippen LogP contribution >= 0.6 is 27.5 Å². The van der Waals surface area contributed by atoms with Crippen molar-refractivity contribution in [2.24, 2.45) is 11.0 Å². The number of nitrogens with zero attached hydrogens (tertiary/aromatic N) is 3. The number of ketones is 1. The van der Waals surface area contributed by atoms with Gasteiger partial charge in [0, 0.05) is 16.4 Å². The quantitative estimate of drug-likeness (QED) is 0.678. The summed E-state index contributed by atoms with van der Waals surface area (Å²) in [6.07, 6.45) is 0. The van der Waals surface area contributed by atoms with Gasteiger partial charge in [-0.25, -0.2) is 4.90 Å². The Kier molecular flexibility index (Phi) is 4.36. The molecule has 0 unspecified atom stereocenters. The topological polar surface area (TPSA) is 70.1 Å². The number of rotatable bonds is 3. The number of halogens is 2. The van der Waals surface area contributed by atoms with E-state index in [4.69, 9.17) is 11.6 Å². The molecule has 0 saturated carbocycles. The van der Waals surface area contributed by atoms with Crippen LogP contribution in [0.25, 0.3) is 0 Å². The third kappa shape index (κ3) is 2.87. The molecule has 2 aliphatic heterocycles. The van der Waals surface area contributed by atoms with Gasteiger partial charge in [0.2, 0.25) is 5.91 Å². The zero-order chi connectivity index (χ0) is 19.3. The normalized spacial score (nSPS) is 21.5. The monoisotopic (exact) mass is 445 g/mol. The molecule has 0 radical (unpaired) electrons. The molecule has 8 heteroatoms. The number of carbonyl (C=O) groups is 3. The van der Waals surface area contributed by atoms with E-state index in [9.17, 15) is 14.4 Å². The molecule has 2 aromatic rings. The van der Waals surface area contributed by atoms with Crippen LogP contribution in [0, 0.1) is 5.92 Å². The fraction of sp³-hybridized carbons (Fsp3) is 0.158. The molecule has 136 valence electrons. The number of anilines is 2. The number of carbonyl (C=O) groups excluding carboxylic acids is 3. The van der Waals surface area contributed by atoms with E-state index in [1.165, 1.54) is 11.9 Å². The zero-order valence-electron chi connectivity index (χ0n) is 14.1. The summed E-state index contributed by atoms with van der Waals surface area (Å²) in [7, 11) is 0. The number of hydrogen-bond acceptors (Lipinski definition) is 5. The van der Waals surface area contributed by atoms with Crippen LogP contribution in [0.15, 0.2) is 58.1 Å². The highest BCUT2D eigenvalue weighted by atomic mass is 79.9. The summed E-state index contributed by atoms with van der Waals surface area (Å²) in [5, 5.41) is 6.28. The minimum absolute atomic E-state index is 0.0907. The molecule has 0 N–H and O–H groups in total. The number of hydrazone groups is 1. The zero-order valence-corrected chi connectivity index (χ0v) is 16.4. The summed E-state index contributed by atoms with van der Waals surface area (Å²) in [5.74, 6) is -2.12. The van der Waals surface area contributed by atoms with Crippen molar-refractivity contribution < 1.29 is 14.4 Å². The maximum atomic E-state index is 13.1. The van der Waals surface area contributed by atoms with Crippen LogP contribution in [0.2, 0.25) is 5.02 Å². The highest BCUT2D eigenvalue weighted by Gasteiger charge is 2.58. The Morgan fingerprint density at radius 1 is 1.00 bits per heavy atom. The summed E-state index contributed by atoms with van der Waals surface area (Å²) < 4.78 is 0.833. The summed E-state index contributed by atoms with van der Waals surface area (Å²) >= 11 is 9.27. The van der Waals surface area contributed by atoms with Crippen molar-refractivity contribution in [3.8, 4) is 0 Å². The number of fused-ring (bicyclic) bond motifs is 1. The van der Waals surface area contributed by atoms with E-state index < -0.39 is 23.8 Å². The van der Waals surface area contributed by atoms with E-state index in [0.717, 1.165) is 9.37 Å². The van der Waals surface area contributed by atoms with Crippen LogP contribution in [0.5, 0.6) is 0 Å². The molecule has 2 atom stereocenters. The van der Waals surface area contributed by atoms with Crippen molar-refractivity contribution in [2.75, 3.05) is 9.91 Å². The number of benzene rings is 2. The Morgan fingerprint density at radius 3 is 2.19 bits per heavy atom. The number of hydrogen-bond donors (Lipinski definition) is 0. The second-order valence-corrected chi connectivity index (χ2v) is 7.63. The standard InChI is InChI=1S/C19H13BrClN3O3/c1-10(25)16-15-17(24(22-16)14-8-4-12(21)5-9-14)19(27)23(18(15)26)13-6-2-11(20)3-7-13/h2-9,15,17H,1H3/t15-,17+/m0/s1. The van der Waals surface area contributed by atoms with E-state index in [-0.39, 0.29) is 11.5 Å². The summed E-state index contributed by atoms with van der Waals surface area (Å²) in [4.78, 5) is 39.4. The Hall–Kier alpha value is -2.51. The van der Waals surface area contributed by atoms with Gasteiger partial charge in [-0.15, -0.1) is 0 Å². The van der Waals surface area contributed by atoms with Gasteiger partial charge in [0.15, 0.2) is 5.78 Å². The average molecular weight is 447 g/mol. The lowest BCUT2D eigenvalue weighted by molar-refractivity contribution is -0.122. The molecular weight excluding hydrogens is 434 g/mol. The molecule has 1 fully saturated rings. The maximum absolute atomic E-state index is 13.1. The van der Waals surface area contributed by atoms with Crippen molar-refractivity contribution in [2.45, 2.75) is 13.0 Å². The lowest BCUT2D eigenvalue weighted by atomic mass is 9.95. The van der Waals surface area contributed by atoms with Gasteiger partial charge < -0.3 is 0 Å². The van der Waals surface area contributed by atoms with Gasteiger partial charge in [-0.2, -0.15) is 5.10 Å². The van der Waals surface area contributed by atoms with Crippen molar-refractivity contribution in [1.82, 2.24) is 0 Å². The summed E-state index contributed by atoms with van der Waals surface area (Å²) in [5.41, 5.74) is 1.14. The fourth-order valence-electron chi connectivity index (χ4n) is 3.36. The molecule has 2 amide bonds. The van der Waals surface area contributed by atoms with Crippen LogP contribution in [0.3, 0.4) is 0 Å². The fourth-order valence-corrected chi connectivity index (χ4v) is 3.75. The van der Waals surface area contributed by atoms with Crippen LogP contribution < -0.4 is 9.91 Å². The van der Waals surface area contributed by atoms with Crippen LogP contribution in [-0.4, -0.2) is 29.4 Å². The third-order valence-corrected chi connectivity index (χ3v) is 5.37. The molecule has 0 aliphatic carbocycles. The third-order valence-electron chi connectivity index (χ3n) is 4.59. The Bertz CT molecular complexity index is 988. The van der Waals surface area contributed by atoms with Crippen LogP contribution in [0.4, 0.5) is 11.4 Å². The number of imide groups is 1. The molecule has 4 rings (SSSR count). The number of Topliss-reactive ketones (excluding diaryl/α,β-unsaturated/α-hetero) is 1. The molecule has 2 aromatic carbocycles. The predicted molar refractivity (Wildman–Crippen MR) is 106 cm³/mol. The van der Waals surface area contributed by atoms with E-state index in [2.05, 4.69) is 21.0 Å². The van der Waals surface area contributed by atoms with E-state index in [1.807, 2.05) is 0 Å². The SMILES string of the molecule is CC(=O)C1=NN(c2ccc(Cl)cc2)[C@H]2C(=O)N(c3ccc(Br)cc3)C(=O)[C@@H]12. The highest BCUT2D eigenvalue weighted by Crippen LogP contribution is 2.38. The minimum atomic E-state index is -0.922. The van der Waals surface area contributed by atoms with Gasteiger partial charge in [-0.1, -0.05) is 27.5 Å². The maximum Gasteiger partial charge on any atom is 0.259 e. The number of amides is 2. The van der Waals surface area contributed by atoms with Crippen molar-refractivity contribution in [3.05, 3.63) is 58.0 Å². The predicted octanol–water partition coefficient (Wildman–Crippen LogP) is 3.43. The highest BCUT2D eigenvalue weighted by molar-refractivity contribution is 9.10. The Labute approximate surface area is 168 Å². The van der Waals surface area contributed by atoms with Crippen LogP contribution in [0.1, 0.15) is 6.92 Å². The lowest BCUT2D eigenvalue weighted by Crippen LogP contribution is -2.39. The van der Waals surface area contributed by atoms with Crippen molar-refractivity contribution >= 4 is 62.2 Å². The van der Waals surface area contributed by atoms with Crippen molar-refractivity contribution in [1.29, 1.82) is 0 Å². The summed E-state index contributed by atoms with van der Waals surface area (Å²) in [6.45, 7) is 1.35. The molecular formula is C19H13BrClN3O3. The molecule has 0 spiro atoms. The first-order chi connectivity index (χ1) is 12.9. The lowest BCUT2D eigenvalue weighted by Gasteiger charge is -2.22. The second-order valence-electron chi connectivity index (χ2n) is 6.27. The molecule has 0 bridgehead atoms. The van der Waals surface area contributed by atoms with E-state index in [0.29, 0.717) is 16.4 Å². The van der Waals surface area contributed by atoms with Gasteiger partial charge in [-0.3, -0.25) is 19.4 Å². The molecule has 2 aliphatic rings. The Balaban J connectivity index is 1.79. The largest absolute Gasteiger partial charge is 0.293 e. The van der Waals surface area contributed by atoms with Gasteiger partial charge in [0.25, 0.3) is 5.91 Å². The summed E-state index contributed by atoms with van der Waals surface area (Å²) in [6, 6.07) is 12.7. The van der Waals surface area contributed by atoms with Gasteiger partial charge in [0.1, 0.15) is 17.7 Å². The molecule has 0 aromatic heterocycles. The molecule has 27 heavy (non-hydrogen) atoms. The minimum Gasteiger partial charge on any atom is -0.293 e. The van der Waals surface area contributed by atoms with E-state index in [1.54, 1.807) is 48.5 Å². The Morgan fingerprint density at radius 2 is 1.59 bits per heavy atom. The first kappa shape index (κ1) is 17.9. The van der Waals surface area contributed by atoms with Gasteiger partial charge in [-0.05, 0) is 48.5 Å². The van der Waals surface area contributed by atoms with Gasteiger partial charge >= 0.3 is 0 Å². The molecule has 2 heterocycles. The first-order valence-corrected chi connectivity index (χ1v) is 9.33. The second kappa shape index (κ2) is 6.58.